The second-order valence-electron chi connectivity index (χ2n) is 4.57. The smallest absolute Gasteiger partial charge is 0.337 e. The molecule has 0 aliphatic carbocycles. The van der Waals surface area contributed by atoms with Crippen LogP contribution in [0.2, 0.25) is 0 Å². The summed E-state index contributed by atoms with van der Waals surface area (Å²) >= 11 is 0. The Morgan fingerprint density at radius 2 is 1.84 bits per heavy atom. The zero-order chi connectivity index (χ0) is 14.0. The standard InChI is InChI=1S/C13H17N3O3/c1-9(17)15-4-6-16(7-5-15)12-8-10(14)2-3-11(12)13(18)19/h2-3,8H,4-7,14H2,1H3,(H,18,19). The van der Waals surface area contributed by atoms with Crippen molar-refractivity contribution in [1.82, 2.24) is 4.90 Å². The van der Waals surface area contributed by atoms with E-state index in [9.17, 15) is 14.7 Å². The van der Waals surface area contributed by atoms with Gasteiger partial charge in [0.25, 0.3) is 0 Å². The van der Waals surface area contributed by atoms with Crippen molar-refractivity contribution in [2.24, 2.45) is 0 Å². The van der Waals surface area contributed by atoms with E-state index in [0.29, 0.717) is 37.6 Å². The molecule has 1 aliphatic rings. The van der Waals surface area contributed by atoms with Crippen molar-refractivity contribution < 1.29 is 14.7 Å². The third-order valence-corrected chi connectivity index (χ3v) is 3.32. The van der Waals surface area contributed by atoms with Gasteiger partial charge in [-0.25, -0.2) is 4.79 Å². The minimum atomic E-state index is -0.969. The van der Waals surface area contributed by atoms with Crippen molar-refractivity contribution in [1.29, 1.82) is 0 Å². The molecule has 1 aromatic rings. The van der Waals surface area contributed by atoms with Gasteiger partial charge in [0, 0.05) is 38.8 Å². The number of carboxylic acid groups (broad SMARTS) is 1. The maximum absolute atomic E-state index is 11.3. The largest absolute Gasteiger partial charge is 0.478 e. The summed E-state index contributed by atoms with van der Waals surface area (Å²) in [7, 11) is 0. The fourth-order valence-electron chi connectivity index (χ4n) is 2.25. The van der Waals surface area contributed by atoms with Gasteiger partial charge in [-0.2, -0.15) is 0 Å². The number of carbonyl (C=O) groups is 2. The summed E-state index contributed by atoms with van der Waals surface area (Å²) in [5.41, 5.74) is 7.12. The number of hydrogen-bond donors (Lipinski definition) is 2. The predicted octanol–water partition coefficient (Wildman–Crippen LogP) is 0.635. The molecule has 0 atom stereocenters. The molecule has 0 saturated carbocycles. The molecule has 1 amide bonds. The molecule has 3 N–H and O–H groups in total. The van der Waals surface area contributed by atoms with E-state index < -0.39 is 5.97 Å². The first-order valence-electron chi connectivity index (χ1n) is 6.12. The van der Waals surface area contributed by atoms with Crippen molar-refractivity contribution in [2.45, 2.75) is 6.92 Å². The maximum Gasteiger partial charge on any atom is 0.337 e. The van der Waals surface area contributed by atoms with Crippen molar-refractivity contribution in [2.75, 3.05) is 36.8 Å². The van der Waals surface area contributed by atoms with Crippen LogP contribution < -0.4 is 10.6 Å². The highest BCUT2D eigenvalue weighted by Gasteiger charge is 2.22. The number of nitrogens with zero attached hydrogens (tertiary/aromatic N) is 2. The van der Waals surface area contributed by atoms with E-state index in [2.05, 4.69) is 0 Å². The number of carboxylic acids is 1. The van der Waals surface area contributed by atoms with Gasteiger partial charge in [-0.15, -0.1) is 0 Å². The number of piperazine rings is 1. The summed E-state index contributed by atoms with van der Waals surface area (Å²) in [6.07, 6.45) is 0. The van der Waals surface area contributed by atoms with Crippen LogP contribution in [0.5, 0.6) is 0 Å². The van der Waals surface area contributed by atoms with Gasteiger partial charge in [-0.1, -0.05) is 0 Å². The first kappa shape index (κ1) is 13.2. The third kappa shape index (κ3) is 2.78. The Bertz CT molecular complexity index is 508. The average molecular weight is 263 g/mol. The zero-order valence-corrected chi connectivity index (χ0v) is 10.8. The summed E-state index contributed by atoms with van der Waals surface area (Å²) in [6, 6.07) is 4.77. The molecule has 19 heavy (non-hydrogen) atoms. The van der Waals surface area contributed by atoms with E-state index in [1.807, 2.05) is 4.90 Å². The first-order valence-corrected chi connectivity index (χ1v) is 6.12. The van der Waals surface area contributed by atoms with Gasteiger partial charge in [0.1, 0.15) is 0 Å². The highest BCUT2D eigenvalue weighted by atomic mass is 16.4. The van der Waals surface area contributed by atoms with Crippen molar-refractivity contribution in [3.05, 3.63) is 23.8 Å². The fourth-order valence-corrected chi connectivity index (χ4v) is 2.25. The SMILES string of the molecule is CC(=O)N1CCN(c2cc(N)ccc2C(=O)O)CC1. The molecule has 0 aromatic heterocycles. The Morgan fingerprint density at radius 3 is 2.37 bits per heavy atom. The molecule has 0 radical (unpaired) electrons. The molecule has 1 saturated heterocycles. The Morgan fingerprint density at radius 1 is 1.21 bits per heavy atom. The maximum atomic E-state index is 11.3. The lowest BCUT2D eigenvalue weighted by molar-refractivity contribution is -0.129. The molecule has 2 rings (SSSR count). The van der Waals surface area contributed by atoms with Crippen LogP contribution in [0.15, 0.2) is 18.2 Å². The second-order valence-corrected chi connectivity index (χ2v) is 4.57. The summed E-state index contributed by atoms with van der Waals surface area (Å²) in [4.78, 5) is 26.2. The van der Waals surface area contributed by atoms with E-state index in [1.54, 1.807) is 24.0 Å². The number of hydrogen-bond acceptors (Lipinski definition) is 4. The Balaban J connectivity index is 2.21. The first-order chi connectivity index (χ1) is 8.99. The fraction of sp³-hybridized carbons (Fsp3) is 0.385. The molecule has 6 nitrogen and oxygen atoms in total. The topological polar surface area (TPSA) is 86.9 Å². The van der Waals surface area contributed by atoms with Crippen molar-refractivity contribution >= 4 is 23.3 Å². The summed E-state index contributed by atoms with van der Waals surface area (Å²) in [6.45, 7) is 3.97. The van der Waals surface area contributed by atoms with Gasteiger partial charge < -0.3 is 20.6 Å². The van der Waals surface area contributed by atoms with Gasteiger partial charge in [0.05, 0.1) is 11.3 Å². The van der Waals surface area contributed by atoms with Crippen molar-refractivity contribution in [3.63, 3.8) is 0 Å². The second kappa shape index (κ2) is 5.17. The van der Waals surface area contributed by atoms with Crippen LogP contribution in [-0.4, -0.2) is 48.1 Å². The molecular weight excluding hydrogens is 246 g/mol. The lowest BCUT2D eigenvalue weighted by Gasteiger charge is -2.36. The molecule has 1 aromatic carbocycles. The van der Waals surface area contributed by atoms with Crippen LogP contribution in [-0.2, 0) is 4.79 Å². The molecule has 102 valence electrons. The lowest BCUT2D eigenvalue weighted by atomic mass is 10.1. The van der Waals surface area contributed by atoms with Crippen molar-refractivity contribution in [3.8, 4) is 0 Å². The Labute approximate surface area is 111 Å². The minimum Gasteiger partial charge on any atom is -0.478 e. The number of amides is 1. The third-order valence-electron chi connectivity index (χ3n) is 3.32. The number of carbonyl (C=O) groups excluding carboxylic acids is 1. The van der Waals surface area contributed by atoms with E-state index >= 15 is 0 Å². The Hall–Kier alpha value is -2.24. The van der Waals surface area contributed by atoms with Gasteiger partial charge in [-0.3, -0.25) is 4.79 Å². The van der Waals surface area contributed by atoms with Gasteiger partial charge >= 0.3 is 5.97 Å². The molecule has 0 bridgehead atoms. The normalized spacial score (nSPS) is 15.4. The van der Waals surface area contributed by atoms with Crippen LogP contribution in [0.4, 0.5) is 11.4 Å². The molecule has 0 spiro atoms. The average Bonchev–Trinajstić information content (AvgIpc) is 2.38. The van der Waals surface area contributed by atoms with Crippen LogP contribution >= 0.6 is 0 Å². The number of aromatic carboxylic acids is 1. The predicted molar refractivity (Wildman–Crippen MR) is 72.3 cm³/mol. The highest BCUT2D eigenvalue weighted by Crippen LogP contribution is 2.25. The van der Waals surface area contributed by atoms with E-state index in [0.717, 1.165) is 0 Å². The molecule has 6 heteroatoms. The minimum absolute atomic E-state index is 0.0469. The van der Waals surface area contributed by atoms with Crippen LogP contribution in [0.1, 0.15) is 17.3 Å². The molecule has 1 fully saturated rings. The molecule has 1 heterocycles. The summed E-state index contributed by atoms with van der Waals surface area (Å²) < 4.78 is 0. The van der Waals surface area contributed by atoms with E-state index in [4.69, 9.17) is 5.73 Å². The van der Waals surface area contributed by atoms with Gasteiger partial charge in [-0.05, 0) is 18.2 Å². The summed E-state index contributed by atoms with van der Waals surface area (Å²) in [5.74, 6) is -0.922. The Kier molecular flexibility index (Phi) is 3.59. The van der Waals surface area contributed by atoms with E-state index in [-0.39, 0.29) is 11.5 Å². The number of benzene rings is 1. The number of nitrogen functional groups attached to an aromatic ring is 1. The molecular formula is C13H17N3O3. The number of anilines is 2. The van der Waals surface area contributed by atoms with Gasteiger partial charge in [0.2, 0.25) is 5.91 Å². The molecule has 1 aliphatic heterocycles. The van der Waals surface area contributed by atoms with Crippen LogP contribution in [0.25, 0.3) is 0 Å². The van der Waals surface area contributed by atoms with Gasteiger partial charge in [0.15, 0.2) is 0 Å². The number of nitrogens with two attached hydrogens (primary N) is 1. The van der Waals surface area contributed by atoms with Crippen LogP contribution in [0.3, 0.4) is 0 Å². The number of rotatable bonds is 2. The quantitative estimate of drug-likeness (QED) is 0.764. The molecule has 0 unspecified atom stereocenters. The monoisotopic (exact) mass is 263 g/mol. The zero-order valence-electron chi connectivity index (χ0n) is 10.8. The summed E-state index contributed by atoms with van der Waals surface area (Å²) in [5, 5.41) is 9.20. The van der Waals surface area contributed by atoms with Crippen LogP contribution in [0, 0.1) is 0 Å². The highest BCUT2D eigenvalue weighted by molar-refractivity contribution is 5.95. The lowest BCUT2D eigenvalue weighted by Crippen LogP contribution is -2.48. The van der Waals surface area contributed by atoms with E-state index in [1.165, 1.54) is 6.07 Å².